The minimum absolute atomic E-state index is 0.440. The highest BCUT2D eigenvalue weighted by Crippen LogP contribution is 2.26. The van der Waals surface area contributed by atoms with Crippen molar-refractivity contribution >= 4 is 0 Å². The Morgan fingerprint density at radius 2 is 1.82 bits per heavy atom. The highest BCUT2D eigenvalue weighted by atomic mass is 16.5. The lowest BCUT2D eigenvalue weighted by atomic mass is 9.90. The normalized spacial score (nSPS) is 39.0. The fourth-order valence-corrected chi connectivity index (χ4v) is 2.01. The van der Waals surface area contributed by atoms with Crippen LogP contribution >= 0.6 is 0 Å². The molecule has 2 atom stereocenters. The van der Waals surface area contributed by atoms with Gasteiger partial charge in [0.05, 0.1) is 12.2 Å². The third kappa shape index (κ3) is 2.80. The first-order valence-electron chi connectivity index (χ1n) is 4.58. The van der Waals surface area contributed by atoms with Crippen molar-refractivity contribution in [1.82, 2.24) is 0 Å². The van der Waals surface area contributed by atoms with Crippen LogP contribution in [0.5, 0.6) is 0 Å². The maximum atomic E-state index is 5.62. The smallest absolute Gasteiger partial charge is 0.0553 e. The molecule has 2 heteroatoms. The van der Waals surface area contributed by atoms with Gasteiger partial charge in [-0.1, -0.05) is 0 Å². The molecule has 0 aromatic rings. The molecule has 1 saturated heterocycles. The van der Waals surface area contributed by atoms with Crippen molar-refractivity contribution in [3.05, 3.63) is 0 Å². The van der Waals surface area contributed by atoms with Crippen LogP contribution in [0.3, 0.4) is 0 Å². The van der Waals surface area contributed by atoms with Crippen LogP contribution in [-0.4, -0.2) is 18.8 Å². The van der Waals surface area contributed by atoms with Crippen molar-refractivity contribution in [3.8, 4) is 0 Å². The largest absolute Gasteiger partial charge is 0.376 e. The van der Waals surface area contributed by atoms with E-state index in [1.54, 1.807) is 0 Å². The van der Waals surface area contributed by atoms with E-state index < -0.39 is 0 Å². The highest BCUT2D eigenvalue weighted by Gasteiger charge is 2.23. The molecule has 1 rings (SSSR count). The third-order valence-electron chi connectivity index (χ3n) is 2.37. The van der Waals surface area contributed by atoms with Crippen LogP contribution in [0.4, 0.5) is 0 Å². The molecule has 0 aromatic heterocycles. The Hall–Kier alpha value is -0.0800. The number of hydrogen-bond acceptors (Lipinski definition) is 2. The number of hydrogen-bond donors (Lipinski definition) is 1. The molecule has 0 aliphatic carbocycles. The van der Waals surface area contributed by atoms with Crippen LogP contribution in [0, 0.1) is 5.92 Å². The number of ether oxygens (including phenoxy) is 1. The summed E-state index contributed by atoms with van der Waals surface area (Å²) in [7, 11) is 0. The van der Waals surface area contributed by atoms with Crippen molar-refractivity contribution < 1.29 is 4.74 Å². The zero-order chi connectivity index (χ0) is 8.27. The minimum atomic E-state index is 0.440. The van der Waals surface area contributed by atoms with Gasteiger partial charge in [0.1, 0.15) is 0 Å². The SMILES string of the molecule is C[C@H]1CC(CCN)C[C@H](C)O1. The summed E-state index contributed by atoms with van der Waals surface area (Å²) in [4.78, 5) is 0. The summed E-state index contributed by atoms with van der Waals surface area (Å²) in [5.74, 6) is 0.804. The lowest BCUT2D eigenvalue weighted by molar-refractivity contribution is -0.0529. The van der Waals surface area contributed by atoms with Crippen molar-refractivity contribution in [2.24, 2.45) is 11.7 Å². The molecule has 1 aliphatic heterocycles. The molecule has 1 aliphatic rings. The maximum Gasteiger partial charge on any atom is 0.0553 e. The lowest BCUT2D eigenvalue weighted by Gasteiger charge is -2.31. The Morgan fingerprint density at radius 3 is 2.27 bits per heavy atom. The van der Waals surface area contributed by atoms with Crippen LogP contribution < -0.4 is 5.73 Å². The van der Waals surface area contributed by atoms with Crippen LogP contribution in [0.2, 0.25) is 0 Å². The van der Waals surface area contributed by atoms with Gasteiger partial charge < -0.3 is 10.5 Å². The van der Waals surface area contributed by atoms with Crippen molar-refractivity contribution in [1.29, 1.82) is 0 Å². The van der Waals surface area contributed by atoms with Crippen molar-refractivity contribution in [3.63, 3.8) is 0 Å². The molecular weight excluding hydrogens is 138 g/mol. The van der Waals surface area contributed by atoms with E-state index in [2.05, 4.69) is 13.8 Å². The van der Waals surface area contributed by atoms with Gasteiger partial charge in [-0.2, -0.15) is 0 Å². The topological polar surface area (TPSA) is 35.2 Å². The van der Waals surface area contributed by atoms with E-state index in [0.29, 0.717) is 12.2 Å². The van der Waals surface area contributed by atoms with Gasteiger partial charge in [-0.05, 0) is 45.6 Å². The Labute approximate surface area is 69.1 Å². The summed E-state index contributed by atoms with van der Waals surface area (Å²) in [6, 6.07) is 0. The molecule has 1 fully saturated rings. The van der Waals surface area contributed by atoms with Gasteiger partial charge in [-0.3, -0.25) is 0 Å². The summed E-state index contributed by atoms with van der Waals surface area (Å²) in [5, 5.41) is 0. The van der Waals surface area contributed by atoms with Gasteiger partial charge in [0.15, 0.2) is 0 Å². The molecule has 1 heterocycles. The highest BCUT2D eigenvalue weighted by molar-refractivity contribution is 4.73. The van der Waals surface area contributed by atoms with E-state index in [9.17, 15) is 0 Å². The third-order valence-corrected chi connectivity index (χ3v) is 2.37. The lowest BCUT2D eigenvalue weighted by Crippen LogP contribution is -2.30. The Bertz CT molecular complexity index is 106. The fraction of sp³-hybridized carbons (Fsp3) is 1.00. The maximum absolute atomic E-state index is 5.62. The van der Waals surface area contributed by atoms with E-state index in [1.165, 1.54) is 12.8 Å². The molecule has 0 aromatic carbocycles. The van der Waals surface area contributed by atoms with Crippen molar-refractivity contribution in [2.75, 3.05) is 6.54 Å². The zero-order valence-corrected chi connectivity index (χ0v) is 7.55. The molecule has 0 radical (unpaired) electrons. The van der Waals surface area contributed by atoms with E-state index in [1.807, 2.05) is 0 Å². The van der Waals surface area contributed by atoms with E-state index in [-0.39, 0.29) is 0 Å². The van der Waals surface area contributed by atoms with E-state index >= 15 is 0 Å². The van der Waals surface area contributed by atoms with E-state index in [0.717, 1.165) is 18.9 Å². The molecule has 0 unspecified atom stereocenters. The standard InChI is InChI=1S/C9H19NO/c1-7-5-9(3-4-10)6-8(2)11-7/h7-9H,3-6,10H2,1-2H3/t7-,8-/m0/s1. The zero-order valence-electron chi connectivity index (χ0n) is 7.55. The van der Waals surface area contributed by atoms with Crippen LogP contribution in [0.1, 0.15) is 33.1 Å². The first-order chi connectivity index (χ1) is 5.22. The molecule has 66 valence electrons. The van der Waals surface area contributed by atoms with Gasteiger partial charge in [0, 0.05) is 0 Å². The average molecular weight is 157 g/mol. The average Bonchev–Trinajstić information content (AvgIpc) is 1.85. The Morgan fingerprint density at radius 1 is 1.27 bits per heavy atom. The predicted octanol–water partition coefficient (Wildman–Crippen LogP) is 1.54. The fourth-order valence-electron chi connectivity index (χ4n) is 2.01. The molecule has 2 N–H and O–H groups in total. The summed E-state index contributed by atoms with van der Waals surface area (Å²) < 4.78 is 5.62. The Balaban J connectivity index is 2.30. The van der Waals surface area contributed by atoms with E-state index in [4.69, 9.17) is 10.5 Å². The Kier molecular flexibility index (Phi) is 3.34. The summed E-state index contributed by atoms with van der Waals surface area (Å²) in [6.45, 7) is 5.13. The molecule has 2 nitrogen and oxygen atoms in total. The molecular formula is C9H19NO. The first-order valence-corrected chi connectivity index (χ1v) is 4.58. The monoisotopic (exact) mass is 157 g/mol. The second-order valence-corrected chi connectivity index (χ2v) is 3.67. The number of rotatable bonds is 2. The van der Waals surface area contributed by atoms with Crippen LogP contribution in [0.15, 0.2) is 0 Å². The molecule has 0 amide bonds. The summed E-state index contributed by atoms with van der Waals surface area (Å²) >= 11 is 0. The van der Waals surface area contributed by atoms with Gasteiger partial charge in [0.25, 0.3) is 0 Å². The second-order valence-electron chi connectivity index (χ2n) is 3.67. The second kappa shape index (κ2) is 4.07. The van der Waals surface area contributed by atoms with Crippen LogP contribution in [-0.2, 0) is 4.74 Å². The van der Waals surface area contributed by atoms with Gasteiger partial charge in [-0.25, -0.2) is 0 Å². The first kappa shape index (κ1) is 9.01. The molecule has 0 bridgehead atoms. The minimum Gasteiger partial charge on any atom is -0.376 e. The summed E-state index contributed by atoms with van der Waals surface area (Å²) in [5.41, 5.74) is 5.51. The molecule has 11 heavy (non-hydrogen) atoms. The molecule has 0 spiro atoms. The van der Waals surface area contributed by atoms with Crippen LogP contribution in [0.25, 0.3) is 0 Å². The quantitative estimate of drug-likeness (QED) is 0.660. The number of nitrogens with two attached hydrogens (primary N) is 1. The summed E-state index contributed by atoms with van der Waals surface area (Å²) in [6.07, 6.45) is 4.44. The van der Waals surface area contributed by atoms with Gasteiger partial charge in [-0.15, -0.1) is 0 Å². The van der Waals surface area contributed by atoms with Crippen molar-refractivity contribution in [2.45, 2.75) is 45.3 Å². The van der Waals surface area contributed by atoms with Gasteiger partial charge in [0.2, 0.25) is 0 Å². The molecule has 0 saturated carbocycles. The van der Waals surface area contributed by atoms with Gasteiger partial charge >= 0.3 is 0 Å². The predicted molar refractivity (Wildman–Crippen MR) is 46.4 cm³/mol.